The second kappa shape index (κ2) is 6.02. The van der Waals surface area contributed by atoms with Gasteiger partial charge in [-0.05, 0) is 24.1 Å². The first-order chi connectivity index (χ1) is 11.0. The largest absolute Gasteiger partial charge is 0.454 e. The van der Waals surface area contributed by atoms with Gasteiger partial charge >= 0.3 is 6.03 Å². The van der Waals surface area contributed by atoms with Crippen molar-refractivity contribution < 1.29 is 14.3 Å². The highest BCUT2D eigenvalue weighted by Crippen LogP contribution is 2.38. The predicted octanol–water partition coefficient (Wildman–Crippen LogP) is 2.73. The first kappa shape index (κ1) is 16.6. The minimum Gasteiger partial charge on any atom is -0.454 e. The monoisotopic (exact) mass is 349 g/mol. The summed E-state index contributed by atoms with van der Waals surface area (Å²) < 4.78 is 10.9. The molecule has 2 aliphatic rings. The van der Waals surface area contributed by atoms with E-state index >= 15 is 0 Å². The molecule has 128 valence electrons. The number of halogens is 1. The number of rotatable bonds is 0. The van der Waals surface area contributed by atoms with E-state index in [0.717, 1.165) is 40.1 Å². The van der Waals surface area contributed by atoms with Crippen LogP contribution in [0.3, 0.4) is 0 Å². The van der Waals surface area contributed by atoms with Crippen molar-refractivity contribution in [2.24, 2.45) is 0 Å². The lowest BCUT2D eigenvalue weighted by Gasteiger charge is -2.31. The molecule has 0 N–H and O–H groups in total. The molecule has 0 unspecified atom stereocenters. The molecular formula is C17H20ClN3O3. The highest BCUT2D eigenvalue weighted by Gasteiger charge is 2.26. The summed E-state index contributed by atoms with van der Waals surface area (Å²) in [7, 11) is 3.56. The SMILES string of the molecule is Cc1c2c(nc3cc4c(cc13)OCO4)CCN(C(=O)N(C)C)C2.Cl. The third kappa shape index (κ3) is 2.51. The third-order valence-electron chi connectivity index (χ3n) is 4.57. The molecule has 2 aliphatic heterocycles. The van der Waals surface area contributed by atoms with E-state index in [2.05, 4.69) is 6.92 Å². The summed E-state index contributed by atoms with van der Waals surface area (Å²) in [6, 6.07) is 3.98. The van der Waals surface area contributed by atoms with Crippen molar-refractivity contribution in [3.63, 3.8) is 0 Å². The van der Waals surface area contributed by atoms with Gasteiger partial charge in [0.2, 0.25) is 6.79 Å². The lowest BCUT2D eigenvalue weighted by atomic mass is 9.96. The van der Waals surface area contributed by atoms with Crippen LogP contribution in [0, 0.1) is 6.92 Å². The molecule has 0 saturated carbocycles. The number of ether oxygens (including phenoxy) is 2. The highest BCUT2D eigenvalue weighted by atomic mass is 35.5. The number of aryl methyl sites for hydroxylation is 1. The molecule has 0 radical (unpaired) electrons. The molecule has 0 spiro atoms. The van der Waals surface area contributed by atoms with Crippen LogP contribution in [-0.2, 0) is 13.0 Å². The van der Waals surface area contributed by atoms with Gasteiger partial charge in [0.25, 0.3) is 0 Å². The van der Waals surface area contributed by atoms with Gasteiger partial charge in [0.1, 0.15) is 0 Å². The molecule has 2 amide bonds. The maximum Gasteiger partial charge on any atom is 0.319 e. The summed E-state index contributed by atoms with van der Waals surface area (Å²) in [5, 5.41) is 1.06. The van der Waals surface area contributed by atoms with E-state index in [0.29, 0.717) is 13.1 Å². The Morgan fingerprint density at radius 2 is 1.96 bits per heavy atom. The van der Waals surface area contributed by atoms with E-state index in [1.165, 1.54) is 5.56 Å². The number of carbonyl (C=O) groups is 1. The van der Waals surface area contributed by atoms with Crippen LogP contribution in [0.4, 0.5) is 4.79 Å². The Labute approximate surface area is 146 Å². The molecule has 0 bridgehead atoms. The minimum absolute atomic E-state index is 0. The van der Waals surface area contributed by atoms with Gasteiger partial charge in [-0.15, -0.1) is 12.4 Å². The van der Waals surface area contributed by atoms with E-state index < -0.39 is 0 Å². The van der Waals surface area contributed by atoms with Crippen LogP contribution in [0.2, 0.25) is 0 Å². The van der Waals surface area contributed by atoms with Gasteiger partial charge in [-0.1, -0.05) is 0 Å². The average Bonchev–Trinajstić information content (AvgIpc) is 2.99. The molecule has 24 heavy (non-hydrogen) atoms. The fraction of sp³-hybridized carbons (Fsp3) is 0.412. The molecule has 0 saturated heterocycles. The standard InChI is InChI=1S/C17H19N3O3.ClH/c1-10-11-6-15-16(23-9-22-15)7-14(11)18-13-4-5-20(8-12(10)13)17(21)19(2)3;/h6-7H,4-5,8-9H2,1-3H3;1H. The Morgan fingerprint density at radius 3 is 2.67 bits per heavy atom. The van der Waals surface area contributed by atoms with Crippen molar-refractivity contribution in [3.05, 3.63) is 29.0 Å². The summed E-state index contributed by atoms with van der Waals surface area (Å²) in [4.78, 5) is 20.5. The zero-order valence-electron chi connectivity index (χ0n) is 14.0. The number of pyridine rings is 1. The molecule has 2 aromatic rings. The van der Waals surface area contributed by atoms with E-state index in [1.807, 2.05) is 17.0 Å². The summed E-state index contributed by atoms with van der Waals surface area (Å²) in [5.41, 5.74) is 4.33. The molecule has 1 aromatic heterocycles. The molecule has 3 heterocycles. The molecular weight excluding hydrogens is 330 g/mol. The van der Waals surface area contributed by atoms with Crippen LogP contribution in [0.25, 0.3) is 10.9 Å². The Hall–Kier alpha value is -2.21. The van der Waals surface area contributed by atoms with Crippen LogP contribution in [0.1, 0.15) is 16.8 Å². The highest BCUT2D eigenvalue weighted by molar-refractivity contribution is 5.87. The van der Waals surface area contributed by atoms with Crippen molar-refractivity contribution >= 4 is 29.3 Å². The fourth-order valence-electron chi connectivity index (χ4n) is 3.29. The van der Waals surface area contributed by atoms with Crippen LogP contribution in [0.5, 0.6) is 11.5 Å². The van der Waals surface area contributed by atoms with Crippen molar-refractivity contribution in [3.8, 4) is 11.5 Å². The number of hydrogen-bond donors (Lipinski definition) is 0. The van der Waals surface area contributed by atoms with Gasteiger partial charge < -0.3 is 19.3 Å². The smallest absolute Gasteiger partial charge is 0.319 e. The molecule has 0 atom stereocenters. The normalized spacial score (nSPS) is 15.0. The maximum absolute atomic E-state index is 12.2. The Morgan fingerprint density at radius 1 is 1.25 bits per heavy atom. The Bertz CT molecular complexity index is 823. The maximum atomic E-state index is 12.2. The van der Waals surface area contributed by atoms with Gasteiger partial charge in [-0.25, -0.2) is 4.79 Å². The second-order valence-corrected chi connectivity index (χ2v) is 6.23. The Balaban J connectivity index is 0.00000169. The third-order valence-corrected chi connectivity index (χ3v) is 4.57. The predicted molar refractivity (Wildman–Crippen MR) is 93.0 cm³/mol. The summed E-state index contributed by atoms with van der Waals surface area (Å²) >= 11 is 0. The molecule has 1 aromatic carbocycles. The van der Waals surface area contributed by atoms with Gasteiger partial charge in [-0.2, -0.15) is 0 Å². The first-order valence-corrected chi connectivity index (χ1v) is 7.72. The number of hydrogen-bond acceptors (Lipinski definition) is 4. The van der Waals surface area contributed by atoms with Crippen molar-refractivity contribution in [2.75, 3.05) is 27.4 Å². The zero-order chi connectivity index (χ0) is 16.1. The number of nitrogens with zero attached hydrogens (tertiary/aromatic N) is 3. The van der Waals surface area contributed by atoms with Gasteiger partial charge in [0, 0.05) is 50.8 Å². The van der Waals surface area contributed by atoms with Crippen LogP contribution in [0.15, 0.2) is 12.1 Å². The number of carbonyl (C=O) groups excluding carboxylic acids is 1. The lowest BCUT2D eigenvalue weighted by Crippen LogP contribution is -2.42. The molecule has 7 heteroatoms. The average molecular weight is 350 g/mol. The van der Waals surface area contributed by atoms with Crippen molar-refractivity contribution in [1.29, 1.82) is 0 Å². The number of urea groups is 1. The summed E-state index contributed by atoms with van der Waals surface area (Å²) in [6.45, 7) is 3.66. The zero-order valence-corrected chi connectivity index (χ0v) is 14.8. The van der Waals surface area contributed by atoms with E-state index in [9.17, 15) is 4.79 Å². The minimum atomic E-state index is 0. The van der Waals surface area contributed by atoms with Crippen LogP contribution >= 0.6 is 12.4 Å². The second-order valence-electron chi connectivity index (χ2n) is 6.23. The molecule has 4 rings (SSSR count). The molecule has 0 fully saturated rings. The molecule has 0 aliphatic carbocycles. The Kier molecular flexibility index (Phi) is 4.17. The summed E-state index contributed by atoms with van der Waals surface area (Å²) in [5.74, 6) is 1.52. The van der Waals surface area contributed by atoms with E-state index in [4.69, 9.17) is 14.5 Å². The number of amides is 2. The summed E-state index contributed by atoms with van der Waals surface area (Å²) in [6.07, 6.45) is 0.778. The van der Waals surface area contributed by atoms with Gasteiger partial charge in [0.15, 0.2) is 11.5 Å². The van der Waals surface area contributed by atoms with Crippen LogP contribution < -0.4 is 9.47 Å². The van der Waals surface area contributed by atoms with Crippen LogP contribution in [-0.4, -0.2) is 48.2 Å². The topological polar surface area (TPSA) is 54.9 Å². The fourth-order valence-corrected chi connectivity index (χ4v) is 3.29. The quantitative estimate of drug-likeness (QED) is 0.734. The lowest BCUT2D eigenvalue weighted by molar-refractivity contribution is 0.165. The number of benzene rings is 1. The number of fused-ring (bicyclic) bond motifs is 3. The van der Waals surface area contributed by atoms with Gasteiger partial charge in [0.05, 0.1) is 5.52 Å². The van der Waals surface area contributed by atoms with Crippen molar-refractivity contribution in [1.82, 2.24) is 14.8 Å². The number of aromatic nitrogens is 1. The molecule has 6 nitrogen and oxygen atoms in total. The first-order valence-electron chi connectivity index (χ1n) is 7.72. The van der Waals surface area contributed by atoms with Gasteiger partial charge in [-0.3, -0.25) is 4.98 Å². The van der Waals surface area contributed by atoms with Crippen molar-refractivity contribution in [2.45, 2.75) is 19.9 Å². The van der Waals surface area contributed by atoms with E-state index in [1.54, 1.807) is 19.0 Å². The van der Waals surface area contributed by atoms with E-state index in [-0.39, 0.29) is 25.2 Å².